The maximum Gasteiger partial charge on any atom is 0.206 e. The summed E-state index contributed by atoms with van der Waals surface area (Å²) in [6, 6.07) is 14.3. The molecular formula is C24H27N3O3S. The van der Waals surface area contributed by atoms with Gasteiger partial charge in [-0.2, -0.15) is 0 Å². The molecule has 0 radical (unpaired) electrons. The zero-order valence-corrected chi connectivity index (χ0v) is 18.3. The van der Waals surface area contributed by atoms with Crippen molar-refractivity contribution in [3.8, 4) is 0 Å². The number of nitrogens with zero attached hydrogens (tertiary/aromatic N) is 2. The predicted molar refractivity (Wildman–Crippen MR) is 120 cm³/mol. The van der Waals surface area contributed by atoms with Crippen LogP contribution in [-0.2, 0) is 16.4 Å². The summed E-state index contributed by atoms with van der Waals surface area (Å²) >= 11 is 0. The molecule has 3 aliphatic heterocycles. The molecule has 6 rings (SSSR count). The van der Waals surface area contributed by atoms with Crippen LogP contribution in [0, 0.1) is 0 Å². The van der Waals surface area contributed by atoms with Crippen LogP contribution in [0.5, 0.6) is 0 Å². The van der Waals surface area contributed by atoms with Crippen LogP contribution in [0.3, 0.4) is 0 Å². The molecule has 3 aromatic rings. The Bertz CT molecular complexity index is 1280. The van der Waals surface area contributed by atoms with Crippen LogP contribution in [0.2, 0.25) is 0 Å². The van der Waals surface area contributed by atoms with Crippen molar-refractivity contribution in [2.45, 2.75) is 59.6 Å². The molecule has 2 fully saturated rings. The maximum atomic E-state index is 13.5. The Balaban J connectivity index is 1.40. The van der Waals surface area contributed by atoms with Crippen molar-refractivity contribution >= 4 is 26.4 Å². The van der Waals surface area contributed by atoms with Gasteiger partial charge >= 0.3 is 0 Å². The van der Waals surface area contributed by atoms with Crippen molar-refractivity contribution < 1.29 is 13.5 Å². The number of anilines is 1. The number of nitrogens with one attached hydrogen (secondary N) is 1. The van der Waals surface area contributed by atoms with Gasteiger partial charge in [-0.05, 0) is 67.3 Å². The van der Waals surface area contributed by atoms with Crippen LogP contribution in [0.25, 0.3) is 10.9 Å². The first-order valence-electron chi connectivity index (χ1n) is 11.0. The zero-order chi connectivity index (χ0) is 21.3. The second-order valence-electron chi connectivity index (χ2n) is 9.16. The fraction of sp³-hybridized carbons (Fsp3) is 0.417. The van der Waals surface area contributed by atoms with Crippen LogP contribution < -0.4 is 10.2 Å². The lowest BCUT2D eigenvalue weighted by Gasteiger charge is -2.36. The molecule has 6 nitrogen and oxygen atoms in total. The third-order valence-corrected chi connectivity index (χ3v) is 9.34. The normalized spacial score (nSPS) is 27.0. The Morgan fingerprint density at radius 3 is 2.74 bits per heavy atom. The molecule has 2 saturated heterocycles. The Kier molecular flexibility index (Phi) is 4.26. The molecule has 2 aromatic carbocycles. The maximum absolute atomic E-state index is 13.5. The summed E-state index contributed by atoms with van der Waals surface area (Å²) in [5.74, 6) is 0.351. The number of hydrogen-bond donors (Lipinski definition) is 2. The number of fused-ring (bicyclic) bond motifs is 7. The molecule has 0 aliphatic carbocycles. The third kappa shape index (κ3) is 2.80. The molecule has 2 N–H and O–H groups in total. The van der Waals surface area contributed by atoms with E-state index in [9.17, 15) is 13.5 Å². The van der Waals surface area contributed by atoms with Crippen molar-refractivity contribution in [1.82, 2.24) is 9.88 Å². The second kappa shape index (κ2) is 6.82. The average Bonchev–Trinajstić information content (AvgIpc) is 3.43. The molecule has 0 spiro atoms. The summed E-state index contributed by atoms with van der Waals surface area (Å²) in [5.41, 5.74) is 3.26. The smallest absolute Gasteiger partial charge is 0.206 e. The van der Waals surface area contributed by atoms with Gasteiger partial charge in [0.25, 0.3) is 0 Å². The Labute approximate surface area is 182 Å². The van der Waals surface area contributed by atoms with E-state index in [4.69, 9.17) is 0 Å². The highest BCUT2D eigenvalue weighted by Crippen LogP contribution is 2.50. The van der Waals surface area contributed by atoms with Gasteiger partial charge in [0.2, 0.25) is 9.84 Å². The highest BCUT2D eigenvalue weighted by atomic mass is 32.2. The van der Waals surface area contributed by atoms with Crippen molar-refractivity contribution in [1.29, 1.82) is 0 Å². The minimum atomic E-state index is -3.62. The van der Waals surface area contributed by atoms with Gasteiger partial charge in [-0.15, -0.1) is 0 Å². The molecule has 4 heterocycles. The molecule has 3 aliphatic rings. The summed E-state index contributed by atoms with van der Waals surface area (Å²) in [4.78, 5) is 3.04. The SMILES string of the molecule is CN1c2ccc(S(=O)(=O)c3ccc4c(ccn4CCO)c3)cc2C2C3CCC(CC21)N3. The molecule has 4 unspecified atom stereocenters. The largest absolute Gasteiger partial charge is 0.395 e. The van der Waals surface area contributed by atoms with Crippen molar-refractivity contribution in [2.75, 3.05) is 18.6 Å². The lowest BCUT2D eigenvalue weighted by molar-refractivity contribution is 0.278. The topological polar surface area (TPSA) is 74.6 Å². The number of likely N-dealkylation sites (N-methyl/N-ethyl adjacent to an activating group) is 1. The van der Waals surface area contributed by atoms with Crippen molar-refractivity contribution in [2.24, 2.45) is 0 Å². The fourth-order valence-corrected chi connectivity index (χ4v) is 7.43. The van der Waals surface area contributed by atoms with E-state index in [0.29, 0.717) is 40.4 Å². The first-order chi connectivity index (χ1) is 15.0. The molecule has 0 amide bonds. The number of hydrogen-bond acceptors (Lipinski definition) is 5. The monoisotopic (exact) mass is 437 g/mol. The number of aliphatic hydroxyl groups is 1. The minimum absolute atomic E-state index is 0.0478. The molecule has 2 bridgehead atoms. The summed E-state index contributed by atoms with van der Waals surface area (Å²) < 4.78 is 29.0. The van der Waals surface area contributed by atoms with Gasteiger partial charge in [0.05, 0.1) is 16.4 Å². The standard InChI is InChI=1S/C24H27N3O3S/c1-26-22-7-4-18(14-19(22)24-20-5-2-16(25-20)13-23(24)26)31(29,30)17-3-6-21-15(12-17)8-9-27(21)10-11-28/h3-4,6-9,12,14,16,20,23-25,28H,2,5,10-11,13H2,1H3. The van der Waals surface area contributed by atoms with E-state index in [1.807, 2.05) is 35.0 Å². The third-order valence-electron chi connectivity index (χ3n) is 7.59. The lowest BCUT2D eigenvalue weighted by Crippen LogP contribution is -2.49. The molecule has 0 saturated carbocycles. The molecule has 31 heavy (non-hydrogen) atoms. The van der Waals surface area contributed by atoms with Gasteiger partial charge in [0, 0.05) is 60.4 Å². The van der Waals surface area contributed by atoms with Gasteiger partial charge in [0.15, 0.2) is 0 Å². The van der Waals surface area contributed by atoms with E-state index >= 15 is 0 Å². The number of rotatable bonds is 4. The van der Waals surface area contributed by atoms with Gasteiger partial charge in [-0.1, -0.05) is 0 Å². The van der Waals surface area contributed by atoms with E-state index in [1.54, 1.807) is 18.2 Å². The zero-order valence-electron chi connectivity index (χ0n) is 17.5. The molecule has 7 heteroatoms. The average molecular weight is 438 g/mol. The summed E-state index contributed by atoms with van der Waals surface area (Å²) in [6.07, 6.45) is 5.38. The van der Waals surface area contributed by atoms with E-state index in [-0.39, 0.29) is 6.61 Å². The fourth-order valence-electron chi connectivity index (χ4n) is 6.10. The van der Waals surface area contributed by atoms with E-state index in [1.165, 1.54) is 17.7 Å². The summed E-state index contributed by atoms with van der Waals surface area (Å²) in [7, 11) is -1.48. The van der Waals surface area contributed by atoms with Crippen LogP contribution in [0.4, 0.5) is 5.69 Å². The first-order valence-corrected chi connectivity index (χ1v) is 12.5. The molecule has 4 atom stereocenters. The summed E-state index contributed by atoms with van der Waals surface area (Å²) in [5, 5.41) is 13.8. The van der Waals surface area contributed by atoms with Crippen LogP contribution in [-0.4, -0.2) is 49.9 Å². The number of aromatic nitrogens is 1. The number of benzene rings is 2. The number of aliphatic hydroxyl groups excluding tert-OH is 1. The van der Waals surface area contributed by atoms with E-state index < -0.39 is 9.84 Å². The molecular weight excluding hydrogens is 410 g/mol. The lowest BCUT2D eigenvalue weighted by atomic mass is 9.84. The van der Waals surface area contributed by atoms with Crippen LogP contribution >= 0.6 is 0 Å². The Morgan fingerprint density at radius 2 is 1.90 bits per heavy atom. The van der Waals surface area contributed by atoms with Gasteiger partial charge in [-0.3, -0.25) is 0 Å². The number of piperidine rings is 1. The first kappa shape index (κ1) is 19.3. The molecule has 162 valence electrons. The van der Waals surface area contributed by atoms with Gasteiger partial charge < -0.3 is 19.9 Å². The second-order valence-corrected chi connectivity index (χ2v) is 11.1. The van der Waals surface area contributed by atoms with Crippen molar-refractivity contribution in [3.05, 3.63) is 54.2 Å². The van der Waals surface area contributed by atoms with Crippen LogP contribution in [0.15, 0.2) is 58.5 Å². The Morgan fingerprint density at radius 1 is 1.10 bits per heavy atom. The summed E-state index contributed by atoms with van der Waals surface area (Å²) in [6.45, 7) is 0.540. The molecule has 1 aromatic heterocycles. The Hall–Kier alpha value is -2.35. The number of sulfone groups is 1. The highest BCUT2D eigenvalue weighted by Gasteiger charge is 2.48. The van der Waals surface area contributed by atoms with Crippen LogP contribution in [0.1, 0.15) is 30.7 Å². The van der Waals surface area contributed by atoms with E-state index in [0.717, 1.165) is 23.7 Å². The van der Waals surface area contributed by atoms with Gasteiger partial charge in [-0.25, -0.2) is 8.42 Å². The quantitative estimate of drug-likeness (QED) is 0.657. The minimum Gasteiger partial charge on any atom is -0.395 e. The van der Waals surface area contributed by atoms with Crippen molar-refractivity contribution in [3.63, 3.8) is 0 Å². The van der Waals surface area contributed by atoms with Gasteiger partial charge in [0.1, 0.15) is 0 Å². The highest BCUT2D eigenvalue weighted by molar-refractivity contribution is 7.91. The van der Waals surface area contributed by atoms with E-state index in [2.05, 4.69) is 17.3 Å². The predicted octanol–water partition coefficient (Wildman–Crippen LogP) is 2.89.